The van der Waals surface area contributed by atoms with Crippen molar-refractivity contribution in [2.45, 2.75) is 50.6 Å². The minimum atomic E-state index is -0.314. The van der Waals surface area contributed by atoms with Gasteiger partial charge in [0.05, 0.1) is 9.95 Å². The molecule has 0 saturated carbocycles. The molecule has 0 N–H and O–H groups in total. The van der Waals surface area contributed by atoms with E-state index in [1.54, 1.807) is 18.2 Å². The van der Waals surface area contributed by atoms with E-state index < -0.39 is 0 Å². The number of piperidine rings is 2. The van der Waals surface area contributed by atoms with Crippen LogP contribution in [0.25, 0.3) is 0 Å². The van der Waals surface area contributed by atoms with Crippen molar-refractivity contribution in [3.63, 3.8) is 0 Å². The number of rotatable bonds is 2. The van der Waals surface area contributed by atoms with Gasteiger partial charge >= 0.3 is 0 Å². The van der Waals surface area contributed by atoms with Crippen LogP contribution in [0.4, 0.5) is 11.4 Å². The molecule has 5 heteroatoms. The quantitative estimate of drug-likeness (QED) is 0.604. The first kappa shape index (κ1) is 12.7. The van der Waals surface area contributed by atoms with Crippen molar-refractivity contribution >= 4 is 23.0 Å². The minimum Gasteiger partial charge on any atom is -0.359 e. The highest BCUT2D eigenvalue weighted by atomic mass is 35.5. The van der Waals surface area contributed by atoms with E-state index >= 15 is 0 Å². The Hall–Kier alpha value is -1.29. The van der Waals surface area contributed by atoms with Gasteiger partial charge in [0, 0.05) is 18.2 Å². The monoisotopic (exact) mass is 280 g/mol. The van der Waals surface area contributed by atoms with Gasteiger partial charge in [0.1, 0.15) is 5.69 Å². The number of fused-ring (bicyclic) bond motifs is 2. The Bertz CT molecular complexity index is 484. The van der Waals surface area contributed by atoms with Crippen LogP contribution in [-0.2, 0) is 0 Å². The van der Waals surface area contributed by atoms with Crippen molar-refractivity contribution in [1.29, 1.82) is 0 Å². The Labute approximate surface area is 117 Å². The van der Waals surface area contributed by atoms with Crippen LogP contribution in [0.1, 0.15) is 38.5 Å². The number of nitrogens with zero attached hydrogens (tertiary/aromatic N) is 2. The van der Waals surface area contributed by atoms with Crippen LogP contribution >= 0.6 is 11.6 Å². The molecule has 2 fully saturated rings. The molecule has 2 aliphatic rings. The van der Waals surface area contributed by atoms with E-state index in [9.17, 15) is 10.1 Å². The molecule has 1 aromatic rings. The average Bonchev–Trinajstić information content (AvgIpc) is 2.37. The Morgan fingerprint density at radius 3 is 2.26 bits per heavy atom. The molecule has 0 aliphatic carbocycles. The molecule has 0 spiro atoms. The molecule has 4 nitrogen and oxygen atoms in total. The normalized spacial score (nSPS) is 26.3. The van der Waals surface area contributed by atoms with Gasteiger partial charge in [-0.15, -0.1) is 0 Å². The van der Waals surface area contributed by atoms with Gasteiger partial charge in [0.2, 0.25) is 0 Å². The lowest BCUT2D eigenvalue weighted by molar-refractivity contribution is -0.384. The van der Waals surface area contributed by atoms with E-state index in [1.165, 1.54) is 12.8 Å². The van der Waals surface area contributed by atoms with Crippen LogP contribution in [0.5, 0.6) is 0 Å². The highest BCUT2D eigenvalue weighted by molar-refractivity contribution is 6.33. The Morgan fingerprint density at radius 2 is 1.74 bits per heavy atom. The first-order chi connectivity index (χ1) is 9.18. The number of hydrogen-bond donors (Lipinski definition) is 0. The fraction of sp³-hybridized carbons (Fsp3) is 0.571. The number of anilines is 1. The van der Waals surface area contributed by atoms with E-state index in [0.29, 0.717) is 22.8 Å². The number of nitro benzene ring substituents is 1. The Kier molecular flexibility index (Phi) is 3.35. The van der Waals surface area contributed by atoms with Gasteiger partial charge in [-0.2, -0.15) is 0 Å². The maximum Gasteiger partial charge on any atom is 0.294 e. The number of para-hydroxylation sites is 1. The summed E-state index contributed by atoms with van der Waals surface area (Å²) in [4.78, 5) is 13.2. The van der Waals surface area contributed by atoms with Gasteiger partial charge in [-0.25, -0.2) is 0 Å². The van der Waals surface area contributed by atoms with Crippen molar-refractivity contribution in [2.75, 3.05) is 4.90 Å². The molecule has 2 heterocycles. The summed E-state index contributed by atoms with van der Waals surface area (Å²) in [5, 5.41) is 11.8. The van der Waals surface area contributed by atoms with Crippen molar-refractivity contribution in [3.8, 4) is 0 Å². The molecule has 1 aromatic carbocycles. The lowest BCUT2D eigenvalue weighted by atomic mass is 9.84. The topological polar surface area (TPSA) is 46.4 Å². The zero-order valence-electron chi connectivity index (χ0n) is 10.7. The van der Waals surface area contributed by atoms with E-state index in [4.69, 9.17) is 11.6 Å². The maximum absolute atomic E-state index is 11.3. The summed E-state index contributed by atoms with van der Waals surface area (Å²) in [6, 6.07) is 5.82. The molecule has 0 unspecified atom stereocenters. The van der Waals surface area contributed by atoms with Crippen molar-refractivity contribution in [3.05, 3.63) is 33.3 Å². The average molecular weight is 281 g/mol. The predicted octanol–water partition coefficient (Wildman–Crippen LogP) is 4.16. The van der Waals surface area contributed by atoms with E-state index in [2.05, 4.69) is 4.90 Å². The van der Waals surface area contributed by atoms with Crippen molar-refractivity contribution in [1.82, 2.24) is 0 Å². The minimum absolute atomic E-state index is 0.145. The summed E-state index contributed by atoms with van der Waals surface area (Å²) in [7, 11) is 0. The molecule has 0 atom stereocenters. The van der Waals surface area contributed by atoms with Gasteiger partial charge in [-0.05, 0) is 44.6 Å². The second kappa shape index (κ2) is 5.00. The zero-order valence-corrected chi connectivity index (χ0v) is 11.5. The summed E-state index contributed by atoms with van der Waals surface area (Å²) in [5.74, 6) is 0. The molecule has 0 aromatic heterocycles. The molecule has 0 radical (unpaired) electrons. The van der Waals surface area contributed by atoms with Crippen LogP contribution in [-0.4, -0.2) is 17.0 Å². The third-order valence-electron chi connectivity index (χ3n) is 4.36. The van der Waals surface area contributed by atoms with E-state index in [-0.39, 0.29) is 10.6 Å². The first-order valence-electron chi connectivity index (χ1n) is 6.89. The highest BCUT2D eigenvalue weighted by Crippen LogP contribution is 2.44. The van der Waals surface area contributed by atoms with Crippen LogP contribution < -0.4 is 4.90 Å². The second-order valence-electron chi connectivity index (χ2n) is 5.44. The lowest BCUT2D eigenvalue weighted by Crippen LogP contribution is -2.50. The fourth-order valence-electron chi connectivity index (χ4n) is 3.59. The van der Waals surface area contributed by atoms with Gasteiger partial charge < -0.3 is 4.90 Å². The smallest absolute Gasteiger partial charge is 0.294 e. The predicted molar refractivity (Wildman–Crippen MR) is 75.9 cm³/mol. The largest absolute Gasteiger partial charge is 0.359 e. The first-order valence-corrected chi connectivity index (χ1v) is 7.27. The third kappa shape index (κ3) is 2.18. The van der Waals surface area contributed by atoms with E-state index in [0.717, 1.165) is 25.7 Å². The summed E-state index contributed by atoms with van der Waals surface area (Å²) < 4.78 is 0. The number of benzene rings is 1. The van der Waals surface area contributed by atoms with Crippen LogP contribution in [0.3, 0.4) is 0 Å². The van der Waals surface area contributed by atoms with Gasteiger partial charge in [-0.3, -0.25) is 10.1 Å². The van der Waals surface area contributed by atoms with Crippen molar-refractivity contribution < 1.29 is 4.92 Å². The van der Waals surface area contributed by atoms with Crippen LogP contribution in [0.15, 0.2) is 18.2 Å². The van der Waals surface area contributed by atoms with E-state index in [1.807, 2.05) is 0 Å². The Balaban J connectivity index is 2.08. The summed E-state index contributed by atoms with van der Waals surface area (Å²) in [5.41, 5.74) is 0.787. The Morgan fingerprint density at radius 1 is 1.16 bits per heavy atom. The number of hydrogen-bond acceptors (Lipinski definition) is 3. The summed E-state index contributed by atoms with van der Waals surface area (Å²) in [6.07, 6.45) is 6.95. The standard InChI is InChI=1S/C14H17ClN2O2/c15-12-8-3-9-13(17(18)19)14(12)16-10-4-1-5-11(16)7-2-6-10/h3,8-11H,1-2,4-7H2. The molecule has 2 bridgehead atoms. The lowest BCUT2D eigenvalue weighted by Gasteiger charge is -2.47. The number of nitro groups is 1. The second-order valence-corrected chi connectivity index (χ2v) is 5.85. The maximum atomic E-state index is 11.3. The number of halogens is 1. The molecule has 2 saturated heterocycles. The van der Waals surface area contributed by atoms with Crippen LogP contribution in [0, 0.1) is 10.1 Å². The molecule has 2 aliphatic heterocycles. The SMILES string of the molecule is O=[N+]([O-])c1cccc(Cl)c1N1C2CCCC1CCC2. The van der Waals surface area contributed by atoms with Crippen molar-refractivity contribution in [2.24, 2.45) is 0 Å². The van der Waals surface area contributed by atoms with Gasteiger partial charge in [0.25, 0.3) is 5.69 Å². The third-order valence-corrected chi connectivity index (χ3v) is 4.66. The van der Waals surface area contributed by atoms with Gasteiger partial charge in [-0.1, -0.05) is 17.7 Å². The molecule has 0 amide bonds. The molecule has 19 heavy (non-hydrogen) atoms. The molecule has 102 valence electrons. The summed E-state index contributed by atoms with van der Waals surface area (Å²) in [6.45, 7) is 0. The zero-order chi connectivity index (χ0) is 13.4. The highest BCUT2D eigenvalue weighted by Gasteiger charge is 2.38. The van der Waals surface area contributed by atoms with Crippen LogP contribution in [0.2, 0.25) is 5.02 Å². The molecule has 3 rings (SSSR count). The molecular weight excluding hydrogens is 264 g/mol. The summed E-state index contributed by atoms with van der Waals surface area (Å²) >= 11 is 6.27. The van der Waals surface area contributed by atoms with Gasteiger partial charge in [0.15, 0.2) is 0 Å². The molecular formula is C14H17ClN2O2. The fourth-order valence-corrected chi connectivity index (χ4v) is 3.86.